The summed E-state index contributed by atoms with van der Waals surface area (Å²) in [7, 11) is 0. The Morgan fingerprint density at radius 2 is 1.91 bits per heavy atom. The highest BCUT2D eigenvalue weighted by molar-refractivity contribution is 6.67. The van der Waals surface area contributed by atoms with E-state index in [2.05, 4.69) is 9.97 Å². The van der Waals surface area contributed by atoms with Gasteiger partial charge < -0.3 is 0 Å². The molecular formula is C5H2Cl4N2. The Balaban J connectivity index is 3.14. The Morgan fingerprint density at radius 3 is 2.27 bits per heavy atom. The van der Waals surface area contributed by atoms with Crippen LogP contribution in [0.5, 0.6) is 0 Å². The lowest BCUT2D eigenvalue weighted by molar-refractivity contribution is 1.08. The minimum Gasteiger partial charge on any atom is -0.244 e. The van der Waals surface area contributed by atoms with E-state index in [4.69, 9.17) is 46.4 Å². The number of alkyl halides is 3. The predicted molar refractivity (Wildman–Crippen MR) is 46.3 cm³/mol. The van der Waals surface area contributed by atoms with Crippen molar-refractivity contribution in [2.75, 3.05) is 0 Å². The van der Waals surface area contributed by atoms with E-state index < -0.39 is 3.79 Å². The maximum atomic E-state index is 5.60. The van der Waals surface area contributed by atoms with Gasteiger partial charge in [0, 0.05) is 6.20 Å². The molecule has 0 fully saturated rings. The lowest BCUT2D eigenvalue weighted by atomic mass is 10.4. The van der Waals surface area contributed by atoms with E-state index in [1.165, 1.54) is 12.5 Å². The van der Waals surface area contributed by atoms with Crippen LogP contribution in [-0.2, 0) is 3.79 Å². The number of aromatic nitrogens is 2. The summed E-state index contributed by atoms with van der Waals surface area (Å²) in [4.78, 5) is 7.31. The van der Waals surface area contributed by atoms with Crippen LogP contribution >= 0.6 is 46.4 Å². The van der Waals surface area contributed by atoms with Crippen LogP contribution in [0.2, 0.25) is 5.15 Å². The zero-order valence-electron chi connectivity index (χ0n) is 5.06. The highest BCUT2D eigenvalue weighted by Gasteiger charge is 2.26. The molecule has 0 aliphatic rings. The van der Waals surface area contributed by atoms with E-state index in [1.807, 2.05) is 0 Å². The third kappa shape index (κ3) is 2.34. The van der Waals surface area contributed by atoms with Gasteiger partial charge in [-0.2, -0.15) is 0 Å². The first kappa shape index (κ1) is 9.33. The van der Waals surface area contributed by atoms with Gasteiger partial charge >= 0.3 is 0 Å². The molecule has 1 heterocycles. The highest BCUT2D eigenvalue weighted by atomic mass is 35.6. The number of halogens is 4. The van der Waals surface area contributed by atoms with Crippen LogP contribution < -0.4 is 0 Å². The molecule has 0 N–H and O–H groups in total. The van der Waals surface area contributed by atoms with Crippen LogP contribution in [-0.4, -0.2) is 9.97 Å². The van der Waals surface area contributed by atoms with Crippen molar-refractivity contribution in [3.8, 4) is 0 Å². The second kappa shape index (κ2) is 3.31. The van der Waals surface area contributed by atoms with Crippen LogP contribution in [0.25, 0.3) is 0 Å². The number of hydrogen-bond donors (Lipinski definition) is 0. The molecule has 0 aliphatic carbocycles. The average Bonchev–Trinajstić information content (AvgIpc) is 1.86. The Labute approximate surface area is 83.4 Å². The molecule has 0 bridgehead atoms. The molecule has 0 unspecified atom stereocenters. The molecule has 2 nitrogen and oxygen atoms in total. The maximum Gasteiger partial charge on any atom is 0.220 e. The monoisotopic (exact) mass is 230 g/mol. The summed E-state index contributed by atoms with van der Waals surface area (Å²) in [5, 5.41) is 0.153. The maximum absolute atomic E-state index is 5.60. The third-order valence-corrected chi connectivity index (χ3v) is 1.88. The summed E-state index contributed by atoms with van der Waals surface area (Å²) in [6, 6.07) is 0. The zero-order chi connectivity index (χ0) is 8.48. The molecule has 11 heavy (non-hydrogen) atoms. The molecule has 1 rings (SSSR count). The van der Waals surface area contributed by atoms with Crippen molar-refractivity contribution in [3.63, 3.8) is 0 Å². The van der Waals surface area contributed by atoms with Gasteiger partial charge in [0.2, 0.25) is 3.79 Å². The number of nitrogens with zero attached hydrogens (tertiary/aromatic N) is 2. The van der Waals surface area contributed by atoms with Crippen molar-refractivity contribution in [1.29, 1.82) is 0 Å². The van der Waals surface area contributed by atoms with Gasteiger partial charge in [0.25, 0.3) is 0 Å². The van der Waals surface area contributed by atoms with Gasteiger partial charge in [-0.25, -0.2) is 9.97 Å². The molecule has 0 amide bonds. The van der Waals surface area contributed by atoms with Crippen molar-refractivity contribution in [3.05, 3.63) is 23.2 Å². The van der Waals surface area contributed by atoms with Crippen LogP contribution in [0, 0.1) is 0 Å². The molecule has 0 atom stereocenters. The first-order chi connectivity index (χ1) is 5.02. The smallest absolute Gasteiger partial charge is 0.220 e. The zero-order valence-corrected chi connectivity index (χ0v) is 8.08. The average molecular weight is 232 g/mol. The van der Waals surface area contributed by atoms with Gasteiger partial charge in [0.15, 0.2) is 0 Å². The first-order valence-corrected chi connectivity index (χ1v) is 4.05. The topological polar surface area (TPSA) is 25.8 Å². The lowest BCUT2D eigenvalue weighted by Crippen LogP contribution is -2.02. The van der Waals surface area contributed by atoms with E-state index in [0.29, 0.717) is 0 Å². The molecule has 1 aromatic rings. The molecule has 0 aliphatic heterocycles. The fraction of sp³-hybridized carbons (Fsp3) is 0.200. The minimum atomic E-state index is -1.56. The van der Waals surface area contributed by atoms with Gasteiger partial charge in [0.05, 0.1) is 5.56 Å². The van der Waals surface area contributed by atoms with Crippen molar-refractivity contribution >= 4 is 46.4 Å². The Hall–Kier alpha value is 0.240. The van der Waals surface area contributed by atoms with Gasteiger partial charge in [-0.3, -0.25) is 0 Å². The predicted octanol–water partition coefficient (Wildman–Crippen LogP) is 2.96. The standard InChI is InChI=1S/C5H2Cl4N2/c6-4-3(5(7,8)9)1-10-2-11-4/h1-2H. The molecule has 1 aromatic heterocycles. The highest BCUT2D eigenvalue weighted by Crippen LogP contribution is 2.40. The molecule has 0 saturated heterocycles. The molecule has 0 aromatic carbocycles. The largest absolute Gasteiger partial charge is 0.244 e. The van der Waals surface area contributed by atoms with E-state index in [0.717, 1.165) is 0 Å². The SMILES string of the molecule is Clc1ncncc1C(Cl)(Cl)Cl. The van der Waals surface area contributed by atoms with Gasteiger partial charge in [-0.15, -0.1) is 0 Å². The van der Waals surface area contributed by atoms with Crippen molar-refractivity contribution in [2.24, 2.45) is 0 Å². The second-order valence-electron chi connectivity index (χ2n) is 1.72. The lowest BCUT2D eigenvalue weighted by Gasteiger charge is -2.10. The Bertz CT molecular complexity index is 257. The second-order valence-corrected chi connectivity index (χ2v) is 4.36. The van der Waals surface area contributed by atoms with E-state index >= 15 is 0 Å². The Morgan fingerprint density at radius 1 is 1.27 bits per heavy atom. The van der Waals surface area contributed by atoms with Crippen LogP contribution in [0.4, 0.5) is 0 Å². The Kier molecular flexibility index (Phi) is 2.81. The summed E-state index contributed by atoms with van der Waals surface area (Å²) < 4.78 is -1.56. The quantitative estimate of drug-likeness (QED) is 0.507. The van der Waals surface area contributed by atoms with E-state index in [1.54, 1.807) is 0 Å². The fourth-order valence-electron chi connectivity index (χ4n) is 0.505. The molecular weight excluding hydrogens is 230 g/mol. The van der Waals surface area contributed by atoms with Crippen molar-refractivity contribution < 1.29 is 0 Å². The summed E-state index contributed by atoms with van der Waals surface area (Å²) >= 11 is 22.2. The summed E-state index contributed by atoms with van der Waals surface area (Å²) in [5.41, 5.74) is 0.284. The number of hydrogen-bond acceptors (Lipinski definition) is 2. The van der Waals surface area contributed by atoms with E-state index in [-0.39, 0.29) is 10.7 Å². The fourth-order valence-corrected chi connectivity index (χ4v) is 1.30. The molecule has 60 valence electrons. The number of rotatable bonds is 0. The summed E-state index contributed by atoms with van der Waals surface area (Å²) in [6.07, 6.45) is 2.64. The molecule has 6 heteroatoms. The summed E-state index contributed by atoms with van der Waals surface area (Å²) in [5.74, 6) is 0. The first-order valence-electron chi connectivity index (χ1n) is 2.54. The minimum absolute atomic E-state index is 0.153. The summed E-state index contributed by atoms with van der Waals surface area (Å²) in [6.45, 7) is 0. The van der Waals surface area contributed by atoms with Crippen LogP contribution in [0.15, 0.2) is 12.5 Å². The van der Waals surface area contributed by atoms with Crippen molar-refractivity contribution in [2.45, 2.75) is 3.79 Å². The van der Waals surface area contributed by atoms with Crippen LogP contribution in [0.1, 0.15) is 5.56 Å². The molecule has 0 spiro atoms. The molecule has 0 radical (unpaired) electrons. The van der Waals surface area contributed by atoms with Crippen LogP contribution in [0.3, 0.4) is 0 Å². The third-order valence-electron chi connectivity index (χ3n) is 0.969. The van der Waals surface area contributed by atoms with Gasteiger partial charge in [0.1, 0.15) is 11.5 Å². The van der Waals surface area contributed by atoms with Crippen molar-refractivity contribution in [1.82, 2.24) is 9.97 Å². The van der Waals surface area contributed by atoms with E-state index in [9.17, 15) is 0 Å². The molecule has 0 saturated carbocycles. The van der Waals surface area contributed by atoms with Gasteiger partial charge in [-0.1, -0.05) is 46.4 Å². The van der Waals surface area contributed by atoms with Gasteiger partial charge in [-0.05, 0) is 0 Å². The normalized spacial score (nSPS) is 11.6.